The Labute approximate surface area is 143 Å². The molecule has 0 N–H and O–H groups in total. The van der Waals surface area contributed by atoms with Crippen molar-refractivity contribution in [2.45, 2.75) is 38.2 Å². The summed E-state index contributed by atoms with van der Waals surface area (Å²) >= 11 is 10.8. The molecule has 1 fully saturated rings. The SMILES string of the molecule is C=C(S)C=O.O=C1OC2CCCC/C=C\C=C\1C2.SCS. The number of fused-ring (bicyclic) bond motifs is 2. The van der Waals surface area contributed by atoms with Gasteiger partial charge in [-0.1, -0.05) is 24.8 Å². The molecule has 2 aliphatic rings. The Hall–Kier alpha value is -0.590. The van der Waals surface area contributed by atoms with Crippen molar-refractivity contribution in [3.8, 4) is 0 Å². The van der Waals surface area contributed by atoms with Crippen molar-refractivity contribution in [3.05, 3.63) is 35.3 Å². The number of hydrogen-bond donors (Lipinski definition) is 3. The molecule has 1 unspecified atom stereocenters. The summed E-state index contributed by atoms with van der Waals surface area (Å²) in [6, 6.07) is 0. The molecule has 0 aromatic carbocycles. The van der Waals surface area contributed by atoms with Gasteiger partial charge in [0.25, 0.3) is 0 Å². The summed E-state index contributed by atoms with van der Waals surface area (Å²) in [6.45, 7) is 3.17. The molecule has 1 aliphatic carbocycles. The zero-order valence-corrected chi connectivity index (χ0v) is 14.6. The van der Waals surface area contributed by atoms with Crippen LogP contribution in [0.3, 0.4) is 0 Å². The van der Waals surface area contributed by atoms with Crippen molar-refractivity contribution in [2.75, 3.05) is 5.08 Å². The van der Waals surface area contributed by atoms with Crippen LogP contribution in [0.5, 0.6) is 0 Å². The van der Waals surface area contributed by atoms with Crippen molar-refractivity contribution in [3.63, 3.8) is 0 Å². The van der Waals surface area contributed by atoms with Gasteiger partial charge in [0.1, 0.15) is 6.10 Å². The first-order chi connectivity index (χ1) is 10.0. The van der Waals surface area contributed by atoms with Crippen LogP contribution in [0.15, 0.2) is 35.3 Å². The van der Waals surface area contributed by atoms with Crippen LogP contribution in [0.1, 0.15) is 32.1 Å². The molecule has 3 nitrogen and oxygen atoms in total. The van der Waals surface area contributed by atoms with E-state index >= 15 is 0 Å². The molecule has 1 atom stereocenters. The van der Waals surface area contributed by atoms with E-state index in [4.69, 9.17) is 4.74 Å². The van der Waals surface area contributed by atoms with E-state index in [2.05, 4.69) is 50.5 Å². The minimum Gasteiger partial charge on any atom is -0.459 e. The number of carbonyl (C=O) groups excluding carboxylic acids is 2. The average Bonchev–Trinajstić information content (AvgIpc) is 2.79. The Morgan fingerprint density at radius 3 is 2.62 bits per heavy atom. The van der Waals surface area contributed by atoms with Crippen LogP contribution in [0.2, 0.25) is 0 Å². The van der Waals surface area contributed by atoms with E-state index in [1.54, 1.807) is 0 Å². The predicted molar refractivity (Wildman–Crippen MR) is 97.2 cm³/mol. The van der Waals surface area contributed by atoms with Gasteiger partial charge in [-0.2, -0.15) is 25.3 Å². The zero-order valence-electron chi connectivity index (χ0n) is 11.9. The number of esters is 1. The maximum absolute atomic E-state index is 11.3. The molecule has 1 aliphatic heterocycles. The molecule has 0 radical (unpaired) electrons. The largest absolute Gasteiger partial charge is 0.459 e. The summed E-state index contributed by atoms with van der Waals surface area (Å²) in [5, 5.41) is 0.639. The summed E-state index contributed by atoms with van der Waals surface area (Å²) in [7, 11) is 0. The van der Waals surface area contributed by atoms with E-state index in [-0.39, 0.29) is 17.0 Å². The maximum Gasteiger partial charge on any atom is 0.334 e. The highest BCUT2D eigenvalue weighted by atomic mass is 32.2. The highest BCUT2D eigenvalue weighted by Gasteiger charge is 2.27. The highest BCUT2D eigenvalue weighted by molar-refractivity contribution is 7.98. The number of allylic oxidation sites excluding steroid dienone is 4. The fourth-order valence-corrected chi connectivity index (χ4v) is 1.81. The molecule has 6 heteroatoms. The predicted octanol–water partition coefficient (Wildman–Crippen LogP) is 3.79. The highest BCUT2D eigenvalue weighted by Crippen LogP contribution is 2.25. The smallest absolute Gasteiger partial charge is 0.334 e. The monoisotopic (exact) mass is 346 g/mol. The molecule has 21 heavy (non-hydrogen) atoms. The maximum atomic E-state index is 11.3. The lowest BCUT2D eigenvalue weighted by Crippen LogP contribution is -2.05. The van der Waals surface area contributed by atoms with E-state index in [9.17, 15) is 9.59 Å². The van der Waals surface area contributed by atoms with Crippen LogP contribution in [-0.2, 0) is 14.3 Å². The van der Waals surface area contributed by atoms with Gasteiger partial charge in [0.2, 0.25) is 0 Å². The van der Waals surface area contributed by atoms with Gasteiger partial charge in [-0.05, 0) is 25.7 Å². The fourth-order valence-electron chi connectivity index (χ4n) is 1.81. The van der Waals surface area contributed by atoms with Crippen LogP contribution in [0, 0.1) is 0 Å². The van der Waals surface area contributed by atoms with Crippen LogP contribution in [0.4, 0.5) is 0 Å². The first-order valence-corrected chi connectivity index (χ1v) is 8.37. The van der Waals surface area contributed by atoms with Crippen molar-refractivity contribution in [1.29, 1.82) is 0 Å². The number of ether oxygens (including phenoxy) is 1. The Morgan fingerprint density at radius 2 is 2.05 bits per heavy atom. The topological polar surface area (TPSA) is 43.4 Å². The van der Waals surface area contributed by atoms with E-state index in [0.717, 1.165) is 31.3 Å². The minimum atomic E-state index is -0.114. The minimum absolute atomic E-state index is 0.114. The van der Waals surface area contributed by atoms with Gasteiger partial charge in [0.05, 0.1) is 0 Å². The summed E-state index contributed by atoms with van der Waals surface area (Å²) in [5.41, 5.74) is 0.836. The molecule has 2 rings (SSSR count). The van der Waals surface area contributed by atoms with Crippen molar-refractivity contribution >= 4 is 50.1 Å². The van der Waals surface area contributed by atoms with Crippen molar-refractivity contribution < 1.29 is 14.3 Å². The Morgan fingerprint density at radius 1 is 1.43 bits per heavy atom. The summed E-state index contributed by atoms with van der Waals surface area (Å²) in [5.74, 6) is -0.114. The number of rotatable bonds is 1. The average molecular weight is 347 g/mol. The number of aldehydes is 1. The normalized spacial score (nSPS) is 23.9. The van der Waals surface area contributed by atoms with Crippen LogP contribution in [0.25, 0.3) is 0 Å². The van der Waals surface area contributed by atoms with Gasteiger partial charge in [-0.25, -0.2) is 4.79 Å². The molecule has 118 valence electrons. The summed E-state index contributed by atoms with van der Waals surface area (Å²) in [6.07, 6.45) is 12.1. The van der Waals surface area contributed by atoms with Gasteiger partial charge < -0.3 is 4.74 Å². The Balaban J connectivity index is 0.000000422. The van der Waals surface area contributed by atoms with Crippen molar-refractivity contribution in [1.82, 2.24) is 0 Å². The van der Waals surface area contributed by atoms with E-state index in [1.807, 2.05) is 12.2 Å². The molecule has 0 aromatic heterocycles. The molecular formula is C15H22O3S3. The van der Waals surface area contributed by atoms with Gasteiger partial charge >= 0.3 is 5.97 Å². The quantitative estimate of drug-likeness (QED) is 0.222. The summed E-state index contributed by atoms with van der Waals surface area (Å²) in [4.78, 5) is 20.9. The third kappa shape index (κ3) is 10.7. The molecule has 1 heterocycles. The molecule has 0 aromatic rings. The Kier molecular flexibility index (Phi) is 12.7. The van der Waals surface area contributed by atoms with Gasteiger partial charge in [-0.15, -0.1) is 12.6 Å². The number of carbonyl (C=O) groups is 2. The third-order valence-corrected chi connectivity index (χ3v) is 2.81. The number of hydrogen-bond acceptors (Lipinski definition) is 6. The molecule has 0 spiro atoms. The molecule has 0 saturated carbocycles. The second-order valence-electron chi connectivity index (χ2n) is 4.39. The standard InChI is InChI=1S/C11H14O2.C3H4OS.CH4S2/c12-11-9-6-4-2-1-3-5-7-10(8-9)13-11;1-3(5)2-4;2-1-3/h2,4,6,10H,1,3,5,7-8H2;2,5H,1H2;2-3H,1H2/b4-2-,9-6+;;. The lowest BCUT2D eigenvalue weighted by molar-refractivity contribution is -0.139. The zero-order chi connectivity index (χ0) is 16.1. The molecule has 2 bridgehead atoms. The molecule has 0 amide bonds. The Bertz CT molecular complexity index is 403. The van der Waals surface area contributed by atoms with E-state index < -0.39 is 0 Å². The first kappa shape index (κ1) is 20.4. The molecular weight excluding hydrogens is 324 g/mol. The lowest BCUT2D eigenvalue weighted by Gasteiger charge is -2.07. The van der Waals surface area contributed by atoms with Gasteiger partial charge in [0.15, 0.2) is 6.29 Å². The van der Waals surface area contributed by atoms with Crippen molar-refractivity contribution in [2.24, 2.45) is 0 Å². The second kappa shape index (κ2) is 13.1. The van der Waals surface area contributed by atoms with Crippen LogP contribution in [-0.4, -0.2) is 23.4 Å². The van der Waals surface area contributed by atoms with E-state index in [0.29, 0.717) is 11.4 Å². The lowest BCUT2D eigenvalue weighted by atomic mass is 10.0. The van der Waals surface area contributed by atoms with E-state index in [1.165, 1.54) is 6.42 Å². The number of thiol groups is 3. The first-order valence-electron chi connectivity index (χ1n) is 6.66. The summed E-state index contributed by atoms with van der Waals surface area (Å²) < 4.78 is 5.22. The van der Waals surface area contributed by atoms with Gasteiger partial charge in [-0.3, -0.25) is 4.79 Å². The second-order valence-corrected chi connectivity index (χ2v) is 6.09. The van der Waals surface area contributed by atoms with Gasteiger partial charge in [0, 0.05) is 22.0 Å². The van der Waals surface area contributed by atoms with Crippen LogP contribution < -0.4 is 0 Å². The van der Waals surface area contributed by atoms with Crippen LogP contribution >= 0.6 is 37.9 Å². The molecule has 1 saturated heterocycles. The third-order valence-electron chi connectivity index (χ3n) is 2.70. The fraction of sp³-hybridized carbons (Fsp3) is 0.467.